The molecule has 4 nitrogen and oxygen atoms in total. The summed E-state index contributed by atoms with van der Waals surface area (Å²) in [6.07, 6.45) is 7.09. The maximum Gasteiger partial charge on any atom is 0.416 e. The van der Waals surface area contributed by atoms with Gasteiger partial charge in [0.1, 0.15) is 24.0 Å². The number of carbonyl (C=O) groups is 1. The summed E-state index contributed by atoms with van der Waals surface area (Å²) in [4.78, 5) is 14.8. The van der Waals surface area contributed by atoms with E-state index >= 15 is 0 Å². The molecule has 2 heterocycles. The lowest BCUT2D eigenvalue weighted by atomic mass is 10.0. The normalized spacial score (nSPS) is 16.3. The van der Waals surface area contributed by atoms with Crippen molar-refractivity contribution < 1.29 is 18.1 Å². The molecule has 1 amide bonds. The lowest BCUT2D eigenvalue weighted by Crippen LogP contribution is -2.36. The summed E-state index contributed by atoms with van der Waals surface area (Å²) in [5.74, 6) is -1.01. The minimum Gasteiger partial charge on any atom is -0.289 e. The van der Waals surface area contributed by atoms with Gasteiger partial charge in [-0.2, -0.15) is 4.57 Å². The van der Waals surface area contributed by atoms with Crippen LogP contribution in [0.2, 0.25) is 0 Å². The molecule has 28 heavy (non-hydrogen) atoms. The molecule has 1 aliphatic rings. The quantitative estimate of drug-likeness (QED) is 0.627. The average molecular weight is 380 g/mol. The standard InChI is InChI=1S/C22H20F2N3O/c1-2-25-10-11-26(15-25)22(28)27-14-17(19-13-18(23)8-9-20(19)24)12-21(27)16-6-4-3-5-7-16/h3-13,15,21H,2,14H2,1H3/q+1/t21-/m0/s1. The number of amides is 1. The van der Waals surface area contributed by atoms with Gasteiger partial charge in [-0.1, -0.05) is 36.4 Å². The number of imidazole rings is 1. The van der Waals surface area contributed by atoms with E-state index in [2.05, 4.69) is 0 Å². The molecule has 0 fully saturated rings. The molecule has 0 unspecified atom stereocenters. The molecule has 0 aliphatic carbocycles. The summed E-state index contributed by atoms with van der Waals surface area (Å²) in [6, 6.07) is 12.4. The molecule has 1 aliphatic heterocycles. The van der Waals surface area contributed by atoms with Gasteiger partial charge in [0.15, 0.2) is 0 Å². The molecule has 0 bridgehead atoms. The lowest BCUT2D eigenvalue weighted by Gasteiger charge is -2.22. The number of hydrogen-bond donors (Lipinski definition) is 0. The van der Waals surface area contributed by atoms with Crippen molar-refractivity contribution in [1.82, 2.24) is 9.47 Å². The van der Waals surface area contributed by atoms with E-state index in [1.807, 2.05) is 54.1 Å². The Bertz CT molecular complexity index is 1040. The molecule has 0 radical (unpaired) electrons. The van der Waals surface area contributed by atoms with Crippen LogP contribution in [0.3, 0.4) is 0 Å². The zero-order chi connectivity index (χ0) is 19.7. The molecule has 4 rings (SSSR count). The largest absolute Gasteiger partial charge is 0.416 e. The maximum atomic E-state index is 14.3. The van der Waals surface area contributed by atoms with Gasteiger partial charge in [0.25, 0.3) is 6.33 Å². The third-order valence-electron chi connectivity index (χ3n) is 4.97. The Balaban J connectivity index is 1.73. The minimum absolute atomic E-state index is 0.187. The predicted octanol–water partition coefficient (Wildman–Crippen LogP) is 4.18. The number of hydrogen-bond acceptors (Lipinski definition) is 1. The number of aryl methyl sites for hydroxylation is 1. The topological polar surface area (TPSA) is 29.1 Å². The van der Waals surface area contributed by atoms with Gasteiger partial charge in [-0.15, -0.1) is 0 Å². The molecular formula is C22H20F2N3O+. The van der Waals surface area contributed by atoms with Crippen LogP contribution >= 0.6 is 0 Å². The Hall–Kier alpha value is -3.28. The van der Waals surface area contributed by atoms with Gasteiger partial charge in [0.2, 0.25) is 0 Å². The van der Waals surface area contributed by atoms with Crippen LogP contribution in [0.5, 0.6) is 0 Å². The maximum absolute atomic E-state index is 14.3. The summed E-state index contributed by atoms with van der Waals surface area (Å²) in [6.45, 7) is 2.94. The number of halogens is 2. The first-order chi connectivity index (χ1) is 13.6. The fraction of sp³-hybridized carbons (Fsp3) is 0.182. The zero-order valence-electron chi connectivity index (χ0n) is 15.4. The van der Waals surface area contributed by atoms with Crippen molar-refractivity contribution in [3.8, 4) is 0 Å². The lowest BCUT2D eigenvalue weighted by molar-refractivity contribution is -0.692. The number of carbonyl (C=O) groups excluding carboxylic acids is 1. The van der Waals surface area contributed by atoms with E-state index in [9.17, 15) is 13.6 Å². The predicted molar refractivity (Wildman–Crippen MR) is 101 cm³/mol. The summed E-state index contributed by atoms with van der Waals surface area (Å²) >= 11 is 0. The second-order valence-electron chi connectivity index (χ2n) is 6.73. The van der Waals surface area contributed by atoms with E-state index in [4.69, 9.17) is 0 Å². The van der Waals surface area contributed by atoms with Crippen LogP contribution in [0, 0.1) is 11.6 Å². The molecule has 3 aromatic rings. The van der Waals surface area contributed by atoms with Gasteiger partial charge in [-0.3, -0.25) is 4.90 Å². The van der Waals surface area contributed by atoms with Crippen molar-refractivity contribution >= 4 is 11.6 Å². The molecule has 0 spiro atoms. The smallest absolute Gasteiger partial charge is 0.289 e. The average Bonchev–Trinajstić information content (AvgIpc) is 3.37. The van der Waals surface area contributed by atoms with Crippen molar-refractivity contribution in [2.45, 2.75) is 19.5 Å². The molecular weight excluding hydrogens is 360 g/mol. The molecule has 1 aromatic heterocycles. The van der Waals surface area contributed by atoms with E-state index < -0.39 is 11.6 Å². The molecule has 0 saturated heterocycles. The number of aromatic nitrogens is 2. The summed E-state index contributed by atoms with van der Waals surface area (Å²) in [7, 11) is 0. The van der Waals surface area contributed by atoms with Crippen LogP contribution in [-0.2, 0) is 6.54 Å². The van der Waals surface area contributed by atoms with E-state index in [-0.39, 0.29) is 24.2 Å². The third kappa shape index (κ3) is 3.33. The molecule has 2 aromatic carbocycles. The summed E-state index contributed by atoms with van der Waals surface area (Å²) in [5.41, 5.74) is 1.69. The summed E-state index contributed by atoms with van der Waals surface area (Å²) < 4.78 is 31.4. The zero-order valence-corrected chi connectivity index (χ0v) is 15.4. The van der Waals surface area contributed by atoms with Crippen molar-refractivity contribution in [1.29, 1.82) is 0 Å². The van der Waals surface area contributed by atoms with Crippen LogP contribution in [0.1, 0.15) is 24.1 Å². The van der Waals surface area contributed by atoms with Crippen LogP contribution in [0.4, 0.5) is 13.6 Å². The van der Waals surface area contributed by atoms with E-state index in [0.29, 0.717) is 5.57 Å². The Morgan fingerprint density at radius 1 is 1.18 bits per heavy atom. The van der Waals surface area contributed by atoms with Gasteiger partial charge in [0, 0.05) is 5.56 Å². The monoisotopic (exact) mass is 380 g/mol. The molecule has 1 atom stereocenters. The highest BCUT2D eigenvalue weighted by Crippen LogP contribution is 2.36. The van der Waals surface area contributed by atoms with Crippen LogP contribution < -0.4 is 4.57 Å². The Kier molecular flexibility index (Phi) is 4.77. The molecule has 6 heteroatoms. The van der Waals surface area contributed by atoms with Gasteiger partial charge in [-0.25, -0.2) is 18.1 Å². The number of rotatable bonds is 3. The van der Waals surface area contributed by atoms with E-state index in [0.717, 1.165) is 24.2 Å². The second-order valence-corrected chi connectivity index (χ2v) is 6.73. The van der Waals surface area contributed by atoms with Crippen LogP contribution in [0.25, 0.3) is 5.57 Å². The summed E-state index contributed by atoms with van der Waals surface area (Å²) in [5, 5.41) is 0. The second kappa shape index (κ2) is 7.38. The van der Waals surface area contributed by atoms with Crippen LogP contribution in [0.15, 0.2) is 73.3 Å². The Morgan fingerprint density at radius 2 is 1.96 bits per heavy atom. The highest BCUT2D eigenvalue weighted by atomic mass is 19.1. The van der Waals surface area contributed by atoms with Gasteiger partial charge in [-0.05, 0) is 36.3 Å². The van der Waals surface area contributed by atoms with Gasteiger partial charge >= 0.3 is 6.03 Å². The molecule has 142 valence electrons. The SMILES string of the molecule is CC[n+]1ccn(C(=O)N2CC(c3cc(F)ccc3F)=C[C@H]2c2ccccc2)c1. The van der Waals surface area contributed by atoms with Gasteiger partial charge in [0.05, 0.1) is 19.1 Å². The van der Waals surface area contributed by atoms with Crippen molar-refractivity contribution in [3.05, 3.63) is 96.1 Å². The van der Waals surface area contributed by atoms with E-state index in [1.165, 1.54) is 10.6 Å². The number of nitrogens with zero attached hydrogens (tertiary/aromatic N) is 3. The number of benzene rings is 2. The fourth-order valence-electron chi connectivity index (χ4n) is 3.49. The first-order valence-corrected chi connectivity index (χ1v) is 9.16. The first-order valence-electron chi connectivity index (χ1n) is 9.16. The Labute approximate surface area is 162 Å². The van der Waals surface area contributed by atoms with Crippen LogP contribution in [-0.4, -0.2) is 22.0 Å². The molecule has 0 saturated carbocycles. The fourth-order valence-corrected chi connectivity index (χ4v) is 3.49. The van der Waals surface area contributed by atoms with Gasteiger partial charge < -0.3 is 0 Å². The highest BCUT2D eigenvalue weighted by molar-refractivity contribution is 5.83. The Morgan fingerprint density at radius 3 is 2.68 bits per heavy atom. The third-order valence-corrected chi connectivity index (χ3v) is 4.97. The van der Waals surface area contributed by atoms with Crippen molar-refractivity contribution in [2.75, 3.05) is 6.54 Å². The van der Waals surface area contributed by atoms with Crippen molar-refractivity contribution in [3.63, 3.8) is 0 Å². The molecule has 0 N–H and O–H groups in total. The first kappa shape index (κ1) is 18.1. The minimum atomic E-state index is -0.507. The highest BCUT2D eigenvalue weighted by Gasteiger charge is 2.34. The van der Waals surface area contributed by atoms with Crippen molar-refractivity contribution in [2.24, 2.45) is 0 Å². The van der Waals surface area contributed by atoms with E-state index in [1.54, 1.807) is 17.4 Å².